The van der Waals surface area contributed by atoms with Crippen LogP contribution in [0.4, 0.5) is 11.6 Å². The van der Waals surface area contributed by atoms with E-state index < -0.39 is 6.10 Å². The predicted octanol–water partition coefficient (Wildman–Crippen LogP) is 4.32. The highest BCUT2D eigenvalue weighted by atomic mass is 32.1. The predicted molar refractivity (Wildman–Crippen MR) is 118 cm³/mol. The van der Waals surface area contributed by atoms with E-state index in [-0.39, 0.29) is 0 Å². The zero-order chi connectivity index (χ0) is 20.4. The van der Waals surface area contributed by atoms with Crippen molar-refractivity contribution in [2.24, 2.45) is 0 Å². The summed E-state index contributed by atoms with van der Waals surface area (Å²) in [6, 6.07) is 13.6. The molecule has 1 unspecified atom stereocenters. The quantitative estimate of drug-likeness (QED) is 0.618. The highest BCUT2D eigenvalue weighted by Crippen LogP contribution is 2.33. The van der Waals surface area contributed by atoms with Gasteiger partial charge in [0, 0.05) is 23.7 Å². The maximum absolute atomic E-state index is 9.77. The number of allylic oxidation sites excluding steroid dienone is 2. The first-order valence-corrected chi connectivity index (χ1v) is 10.1. The number of hydrogen-bond acceptors (Lipinski definition) is 6. The van der Waals surface area contributed by atoms with Gasteiger partial charge in [0.2, 0.25) is 5.95 Å². The van der Waals surface area contributed by atoms with Crippen molar-refractivity contribution in [1.82, 2.24) is 14.6 Å². The molecule has 146 valence electrons. The molecule has 0 spiro atoms. The van der Waals surface area contributed by atoms with E-state index in [1.54, 1.807) is 24.5 Å². The lowest BCUT2D eigenvalue weighted by Crippen LogP contribution is -2.09. The number of hydrogen-bond donors (Lipinski definition) is 2. The summed E-state index contributed by atoms with van der Waals surface area (Å²) < 4.78 is 9.73. The number of nitrogens with one attached hydrogen (secondary N) is 1. The van der Waals surface area contributed by atoms with E-state index in [2.05, 4.69) is 26.0 Å². The van der Waals surface area contributed by atoms with Crippen molar-refractivity contribution >= 4 is 40.7 Å². The molecule has 4 rings (SSSR count). The molecule has 0 fully saturated rings. The Labute approximate surface area is 173 Å². The SMILES string of the molecule is CC1=[N+]=COC(C)=C1c1ccc(-c2ccnc(Nc3cccc(C(C)O)c3)n2)s1. The van der Waals surface area contributed by atoms with Gasteiger partial charge in [0.05, 0.1) is 16.7 Å². The molecule has 29 heavy (non-hydrogen) atoms. The third-order valence-corrected chi connectivity index (χ3v) is 5.70. The molecule has 7 heteroatoms. The molecule has 0 saturated heterocycles. The molecule has 0 bridgehead atoms. The number of thiophene rings is 1. The molecule has 0 aliphatic carbocycles. The van der Waals surface area contributed by atoms with Crippen molar-refractivity contribution in [2.75, 3.05) is 5.32 Å². The highest BCUT2D eigenvalue weighted by Gasteiger charge is 2.23. The number of nitrogens with zero attached hydrogens (tertiary/aromatic N) is 3. The maximum Gasteiger partial charge on any atom is 0.455 e. The van der Waals surface area contributed by atoms with Crippen LogP contribution in [0.3, 0.4) is 0 Å². The minimum atomic E-state index is -0.528. The summed E-state index contributed by atoms with van der Waals surface area (Å²) in [6.45, 7) is 5.66. The second-order valence-electron chi connectivity index (χ2n) is 6.72. The van der Waals surface area contributed by atoms with Crippen LogP contribution in [-0.4, -0.2) is 27.2 Å². The molecular formula is C22H21N4O2S+. The van der Waals surface area contributed by atoms with Gasteiger partial charge in [0.1, 0.15) is 11.3 Å². The van der Waals surface area contributed by atoms with Crippen LogP contribution in [0.1, 0.15) is 37.3 Å². The Balaban J connectivity index is 1.60. The Morgan fingerprint density at radius 1 is 1.14 bits per heavy atom. The molecule has 2 aromatic heterocycles. The lowest BCUT2D eigenvalue weighted by atomic mass is 10.1. The number of aliphatic hydroxyl groups excluding tert-OH is 1. The van der Waals surface area contributed by atoms with Crippen LogP contribution in [0.25, 0.3) is 16.1 Å². The maximum atomic E-state index is 9.77. The van der Waals surface area contributed by atoms with E-state index in [4.69, 9.17) is 4.74 Å². The zero-order valence-corrected chi connectivity index (χ0v) is 17.2. The van der Waals surface area contributed by atoms with Crippen molar-refractivity contribution < 1.29 is 9.84 Å². The number of anilines is 2. The number of aromatic nitrogens is 2. The number of ether oxygens (including phenoxy) is 1. The Morgan fingerprint density at radius 3 is 2.76 bits per heavy atom. The van der Waals surface area contributed by atoms with Gasteiger partial charge in [-0.15, -0.1) is 11.3 Å². The van der Waals surface area contributed by atoms with Crippen molar-refractivity contribution in [3.63, 3.8) is 0 Å². The minimum absolute atomic E-state index is 0.504. The van der Waals surface area contributed by atoms with E-state index in [1.807, 2.05) is 50.2 Å². The standard InChI is InChI=1S/C22H21N4O2S/c1-13-21(15(3)28-12-24-13)20-8-7-19(29-20)18-9-10-23-22(26-18)25-17-6-4-5-16(11-17)14(2)27/h4-12,14,27H,1-3H3,(H,23,25,26)/q+1. The van der Waals surface area contributed by atoms with E-state index in [0.29, 0.717) is 5.95 Å². The van der Waals surface area contributed by atoms with E-state index in [0.717, 1.165) is 43.7 Å². The normalized spacial score (nSPS) is 14.4. The van der Waals surface area contributed by atoms with Gasteiger partial charge in [0.15, 0.2) is 0 Å². The summed E-state index contributed by atoms with van der Waals surface area (Å²) >= 11 is 1.64. The van der Waals surface area contributed by atoms with Crippen LogP contribution < -0.4 is 9.98 Å². The van der Waals surface area contributed by atoms with Gasteiger partial charge < -0.3 is 15.2 Å². The lowest BCUT2D eigenvalue weighted by molar-refractivity contribution is 0.199. The van der Waals surface area contributed by atoms with Crippen molar-refractivity contribution in [3.05, 3.63) is 64.9 Å². The third kappa shape index (κ3) is 4.12. The molecule has 0 amide bonds. The molecule has 1 aliphatic heterocycles. The van der Waals surface area contributed by atoms with E-state index in [1.165, 1.54) is 6.40 Å². The van der Waals surface area contributed by atoms with Crippen LogP contribution in [0.5, 0.6) is 0 Å². The van der Waals surface area contributed by atoms with Gasteiger partial charge in [0.25, 0.3) is 0 Å². The Kier molecular flexibility index (Phi) is 5.27. The van der Waals surface area contributed by atoms with Crippen molar-refractivity contribution in [1.29, 1.82) is 0 Å². The fourth-order valence-electron chi connectivity index (χ4n) is 3.09. The molecule has 0 radical (unpaired) electrons. The average Bonchev–Trinajstić information content (AvgIpc) is 3.18. The molecule has 2 N–H and O–H groups in total. The lowest BCUT2D eigenvalue weighted by Gasteiger charge is -2.09. The number of rotatable bonds is 5. The second kappa shape index (κ2) is 8.01. The monoisotopic (exact) mass is 405 g/mol. The summed E-state index contributed by atoms with van der Waals surface area (Å²) in [7, 11) is 0. The fourth-order valence-corrected chi connectivity index (χ4v) is 4.21. The van der Waals surface area contributed by atoms with Gasteiger partial charge in [-0.05, 0) is 49.7 Å². The van der Waals surface area contributed by atoms with Gasteiger partial charge in [-0.25, -0.2) is 9.97 Å². The summed E-state index contributed by atoms with van der Waals surface area (Å²) in [5.74, 6) is 1.35. The smallest absolute Gasteiger partial charge is 0.402 e. The molecule has 6 nitrogen and oxygen atoms in total. The molecule has 1 atom stereocenters. The van der Waals surface area contributed by atoms with Crippen molar-refractivity contribution in [2.45, 2.75) is 26.9 Å². The van der Waals surface area contributed by atoms with Crippen molar-refractivity contribution in [3.8, 4) is 10.6 Å². The molecular weight excluding hydrogens is 384 g/mol. The first-order chi connectivity index (χ1) is 14.0. The van der Waals surface area contributed by atoms with Crippen LogP contribution >= 0.6 is 11.3 Å². The van der Waals surface area contributed by atoms with Crippen LogP contribution in [0.2, 0.25) is 0 Å². The highest BCUT2D eigenvalue weighted by molar-refractivity contribution is 7.16. The molecule has 1 aromatic carbocycles. The Hall–Kier alpha value is -3.25. The summed E-state index contributed by atoms with van der Waals surface area (Å²) in [5, 5.41) is 13.0. The Morgan fingerprint density at radius 2 is 1.97 bits per heavy atom. The van der Waals surface area contributed by atoms with Gasteiger partial charge >= 0.3 is 12.1 Å². The number of benzene rings is 1. The topological polar surface area (TPSA) is 81.4 Å². The average molecular weight is 406 g/mol. The van der Waals surface area contributed by atoms with E-state index >= 15 is 0 Å². The van der Waals surface area contributed by atoms with Gasteiger partial charge in [-0.1, -0.05) is 16.8 Å². The first kappa shape index (κ1) is 19.1. The van der Waals surface area contributed by atoms with Crippen LogP contribution in [-0.2, 0) is 4.74 Å². The van der Waals surface area contributed by atoms with Gasteiger partial charge in [-0.3, -0.25) is 0 Å². The zero-order valence-electron chi connectivity index (χ0n) is 16.4. The third-order valence-electron chi connectivity index (χ3n) is 4.58. The molecule has 1 aliphatic rings. The number of aliphatic hydroxyl groups is 1. The summed E-state index contributed by atoms with van der Waals surface area (Å²) in [4.78, 5) is 11.1. The van der Waals surface area contributed by atoms with E-state index in [9.17, 15) is 5.11 Å². The molecule has 3 heterocycles. The fraction of sp³-hybridized carbons (Fsp3) is 0.182. The summed E-state index contributed by atoms with van der Waals surface area (Å²) in [6.07, 6.45) is 2.68. The van der Waals surface area contributed by atoms with Crippen LogP contribution in [0, 0.1) is 0 Å². The van der Waals surface area contributed by atoms with Gasteiger partial charge in [-0.2, -0.15) is 0 Å². The second-order valence-corrected chi connectivity index (χ2v) is 7.81. The Bertz CT molecular complexity index is 1160. The molecule has 3 aromatic rings. The largest absolute Gasteiger partial charge is 0.455 e. The molecule has 0 saturated carbocycles. The first-order valence-electron chi connectivity index (χ1n) is 9.24. The summed E-state index contributed by atoms with van der Waals surface area (Å²) in [5.41, 5.74) is 4.45. The van der Waals surface area contributed by atoms with Crippen LogP contribution in [0.15, 0.2) is 54.4 Å². The minimum Gasteiger partial charge on any atom is -0.402 e.